The second-order valence-electron chi connectivity index (χ2n) is 3.22. The van der Waals surface area contributed by atoms with Gasteiger partial charge in [-0.1, -0.05) is 6.07 Å². The van der Waals surface area contributed by atoms with Crippen LogP contribution in [0, 0.1) is 10.1 Å². The Morgan fingerprint density at radius 1 is 1.60 bits per heavy atom. The zero-order valence-electron chi connectivity index (χ0n) is 8.01. The number of hydrogen-bond acceptors (Lipinski definition) is 5. The molecule has 0 bridgehead atoms. The number of benzene rings is 1. The van der Waals surface area contributed by atoms with Gasteiger partial charge in [-0.05, 0) is 13.0 Å². The molecule has 15 heavy (non-hydrogen) atoms. The van der Waals surface area contributed by atoms with Gasteiger partial charge in [0.15, 0.2) is 0 Å². The van der Waals surface area contributed by atoms with E-state index < -0.39 is 4.92 Å². The summed E-state index contributed by atoms with van der Waals surface area (Å²) in [6.45, 7) is 1.70. The van der Waals surface area contributed by atoms with Gasteiger partial charge in [0, 0.05) is 6.07 Å². The molecule has 2 aromatic rings. The van der Waals surface area contributed by atoms with Crippen LogP contribution in [0.25, 0.3) is 11.1 Å². The van der Waals surface area contributed by atoms with Crippen LogP contribution in [0.3, 0.4) is 0 Å². The molecule has 6 heteroatoms. The Balaban J connectivity index is 2.70. The average molecular weight is 207 g/mol. The first kappa shape index (κ1) is 9.60. The molecule has 6 nitrogen and oxygen atoms in total. The Morgan fingerprint density at radius 3 is 2.93 bits per heavy atom. The van der Waals surface area contributed by atoms with E-state index >= 15 is 0 Å². The molecule has 0 saturated carbocycles. The fraction of sp³-hybridized carbons (Fsp3) is 0.222. The third kappa shape index (κ3) is 1.55. The van der Waals surface area contributed by atoms with Gasteiger partial charge in [0.25, 0.3) is 0 Å². The Bertz CT molecular complexity index is 518. The summed E-state index contributed by atoms with van der Waals surface area (Å²) in [6, 6.07) is 4.21. The van der Waals surface area contributed by atoms with Crippen LogP contribution in [-0.4, -0.2) is 9.91 Å². The molecule has 0 amide bonds. The predicted octanol–water partition coefficient (Wildman–Crippen LogP) is 1.76. The SMILES string of the molecule is C[C@H](N)c1nc2cccc([N+](=O)[O-])c2o1. The smallest absolute Gasteiger partial charge is 0.313 e. The van der Waals surface area contributed by atoms with Crippen LogP contribution >= 0.6 is 0 Å². The number of nitrogens with zero attached hydrogens (tertiary/aromatic N) is 2. The lowest BCUT2D eigenvalue weighted by Crippen LogP contribution is -2.04. The zero-order valence-corrected chi connectivity index (χ0v) is 8.01. The standard InChI is InChI=1S/C9H9N3O3/c1-5(10)9-11-6-3-2-4-7(12(13)14)8(6)15-9/h2-5H,10H2,1H3/t5-/m0/s1. The van der Waals surface area contributed by atoms with E-state index in [1.54, 1.807) is 19.1 Å². The van der Waals surface area contributed by atoms with E-state index in [2.05, 4.69) is 4.98 Å². The summed E-state index contributed by atoms with van der Waals surface area (Å²) in [5.74, 6) is 0.305. The third-order valence-corrected chi connectivity index (χ3v) is 2.00. The highest BCUT2D eigenvalue weighted by molar-refractivity contribution is 5.82. The quantitative estimate of drug-likeness (QED) is 0.597. The van der Waals surface area contributed by atoms with Crippen molar-refractivity contribution in [3.05, 3.63) is 34.2 Å². The molecular weight excluding hydrogens is 198 g/mol. The predicted molar refractivity (Wildman–Crippen MR) is 53.3 cm³/mol. The number of fused-ring (bicyclic) bond motifs is 1. The van der Waals surface area contributed by atoms with Crippen molar-refractivity contribution >= 4 is 16.8 Å². The lowest BCUT2D eigenvalue weighted by atomic mass is 10.3. The highest BCUT2D eigenvalue weighted by Gasteiger charge is 2.18. The third-order valence-electron chi connectivity index (χ3n) is 2.00. The fourth-order valence-electron chi connectivity index (χ4n) is 1.29. The first-order chi connectivity index (χ1) is 7.09. The van der Waals surface area contributed by atoms with E-state index in [1.165, 1.54) is 6.07 Å². The molecule has 0 fully saturated rings. The molecular formula is C9H9N3O3. The number of nitro groups is 1. The largest absolute Gasteiger partial charge is 0.432 e. The number of hydrogen-bond donors (Lipinski definition) is 1. The van der Waals surface area contributed by atoms with Crippen molar-refractivity contribution in [3.63, 3.8) is 0 Å². The van der Waals surface area contributed by atoms with E-state index in [0.29, 0.717) is 11.4 Å². The highest BCUT2D eigenvalue weighted by Crippen LogP contribution is 2.27. The molecule has 0 radical (unpaired) electrons. The maximum atomic E-state index is 10.7. The van der Waals surface area contributed by atoms with Crippen LogP contribution in [-0.2, 0) is 0 Å². The van der Waals surface area contributed by atoms with E-state index in [4.69, 9.17) is 10.2 Å². The lowest BCUT2D eigenvalue weighted by molar-refractivity contribution is -0.383. The first-order valence-corrected chi connectivity index (χ1v) is 4.39. The summed E-state index contributed by atoms with van der Waals surface area (Å²) in [4.78, 5) is 14.2. The van der Waals surface area contributed by atoms with E-state index in [9.17, 15) is 10.1 Å². The monoisotopic (exact) mass is 207 g/mol. The maximum Gasteiger partial charge on any atom is 0.313 e. The van der Waals surface area contributed by atoms with Crippen LogP contribution in [0.2, 0.25) is 0 Å². The molecule has 0 aliphatic carbocycles. The summed E-state index contributed by atoms with van der Waals surface area (Å²) in [6.07, 6.45) is 0. The number of para-hydroxylation sites is 1. The van der Waals surface area contributed by atoms with Gasteiger partial charge in [-0.2, -0.15) is 0 Å². The topological polar surface area (TPSA) is 95.2 Å². The molecule has 0 aliphatic heterocycles. The van der Waals surface area contributed by atoms with Gasteiger partial charge in [-0.3, -0.25) is 10.1 Å². The molecule has 78 valence electrons. The van der Waals surface area contributed by atoms with Crippen molar-refractivity contribution in [1.82, 2.24) is 4.98 Å². The normalized spacial score (nSPS) is 12.9. The van der Waals surface area contributed by atoms with Crippen molar-refractivity contribution in [1.29, 1.82) is 0 Å². The van der Waals surface area contributed by atoms with Crippen LogP contribution in [0.4, 0.5) is 5.69 Å². The summed E-state index contributed by atoms with van der Waals surface area (Å²) < 4.78 is 5.24. The van der Waals surface area contributed by atoms with Gasteiger partial charge in [-0.25, -0.2) is 4.98 Å². The molecule has 1 aromatic carbocycles. The minimum atomic E-state index is -0.502. The first-order valence-electron chi connectivity index (χ1n) is 4.39. The van der Waals surface area contributed by atoms with Gasteiger partial charge < -0.3 is 10.2 Å². The average Bonchev–Trinajstić information content (AvgIpc) is 2.60. The Hall–Kier alpha value is -1.95. The molecule has 0 unspecified atom stereocenters. The van der Waals surface area contributed by atoms with Crippen LogP contribution in [0.15, 0.2) is 22.6 Å². The molecule has 2 rings (SSSR count). The number of non-ortho nitro benzene ring substituents is 1. The number of oxazole rings is 1. The van der Waals surface area contributed by atoms with Gasteiger partial charge >= 0.3 is 5.69 Å². The Labute approximate surface area is 84.8 Å². The van der Waals surface area contributed by atoms with Crippen LogP contribution in [0.5, 0.6) is 0 Å². The van der Waals surface area contributed by atoms with E-state index in [-0.39, 0.29) is 17.3 Å². The van der Waals surface area contributed by atoms with E-state index in [0.717, 1.165) is 0 Å². The number of nitro benzene ring substituents is 1. The van der Waals surface area contributed by atoms with Gasteiger partial charge in [0.1, 0.15) is 5.52 Å². The summed E-state index contributed by atoms with van der Waals surface area (Å²) in [5.41, 5.74) is 6.12. The van der Waals surface area contributed by atoms with Gasteiger partial charge in [0.05, 0.1) is 11.0 Å². The molecule has 0 spiro atoms. The minimum Gasteiger partial charge on any atom is -0.432 e. The van der Waals surface area contributed by atoms with E-state index in [1.807, 2.05) is 0 Å². The zero-order chi connectivity index (χ0) is 11.0. The van der Waals surface area contributed by atoms with Crippen molar-refractivity contribution in [2.75, 3.05) is 0 Å². The summed E-state index contributed by atoms with van der Waals surface area (Å²) >= 11 is 0. The molecule has 1 atom stereocenters. The maximum absolute atomic E-state index is 10.7. The van der Waals surface area contributed by atoms with Gasteiger partial charge in [-0.15, -0.1) is 0 Å². The Morgan fingerprint density at radius 2 is 2.33 bits per heavy atom. The van der Waals surface area contributed by atoms with Crippen molar-refractivity contribution in [3.8, 4) is 0 Å². The molecule has 2 N–H and O–H groups in total. The van der Waals surface area contributed by atoms with Crippen molar-refractivity contribution in [2.45, 2.75) is 13.0 Å². The second kappa shape index (κ2) is 3.32. The lowest BCUT2D eigenvalue weighted by Gasteiger charge is -1.94. The van der Waals surface area contributed by atoms with Crippen molar-refractivity contribution < 1.29 is 9.34 Å². The molecule has 1 heterocycles. The molecule has 0 saturated heterocycles. The van der Waals surface area contributed by atoms with Crippen molar-refractivity contribution in [2.24, 2.45) is 5.73 Å². The fourth-order valence-corrected chi connectivity index (χ4v) is 1.29. The minimum absolute atomic E-state index is 0.0908. The Kier molecular flexibility index (Phi) is 2.12. The summed E-state index contributed by atoms with van der Waals surface area (Å²) in [5, 5.41) is 10.7. The van der Waals surface area contributed by atoms with Gasteiger partial charge in [0.2, 0.25) is 11.5 Å². The van der Waals surface area contributed by atoms with Crippen LogP contribution < -0.4 is 5.73 Å². The highest BCUT2D eigenvalue weighted by atomic mass is 16.6. The molecule has 1 aromatic heterocycles. The number of aromatic nitrogens is 1. The molecule has 0 aliphatic rings. The number of rotatable bonds is 2. The second-order valence-corrected chi connectivity index (χ2v) is 3.22. The number of nitrogens with two attached hydrogens (primary N) is 1. The summed E-state index contributed by atoms with van der Waals surface area (Å²) in [7, 11) is 0. The van der Waals surface area contributed by atoms with Crippen LogP contribution in [0.1, 0.15) is 18.9 Å².